The summed E-state index contributed by atoms with van der Waals surface area (Å²) in [5.74, 6) is 1.54. The summed E-state index contributed by atoms with van der Waals surface area (Å²) in [6.45, 7) is 0. The number of furan rings is 2. The molecule has 6 nitrogen and oxygen atoms in total. The first kappa shape index (κ1) is 32.5. The van der Waals surface area contributed by atoms with Crippen molar-refractivity contribution in [3.05, 3.63) is 199 Å². The van der Waals surface area contributed by atoms with Gasteiger partial charge < -0.3 is 18.3 Å². The van der Waals surface area contributed by atoms with Crippen molar-refractivity contribution in [2.24, 2.45) is 9.98 Å². The van der Waals surface area contributed by atoms with Crippen molar-refractivity contribution >= 4 is 77.4 Å². The molecule has 0 amide bonds. The fraction of sp³-hybridized carbons (Fsp3) is 0.0385. The Balaban J connectivity index is 0.990. The van der Waals surface area contributed by atoms with Crippen LogP contribution in [0.4, 0.5) is 0 Å². The van der Waals surface area contributed by atoms with Gasteiger partial charge in [-0.05, 0) is 59.7 Å². The Morgan fingerprint density at radius 3 is 1.97 bits per heavy atom. The molecule has 6 heteroatoms. The van der Waals surface area contributed by atoms with Gasteiger partial charge in [0, 0.05) is 61.7 Å². The van der Waals surface area contributed by atoms with E-state index in [9.17, 15) is 0 Å². The van der Waals surface area contributed by atoms with Crippen LogP contribution in [0.25, 0.3) is 82.5 Å². The second-order valence-electron chi connectivity index (χ2n) is 15.0. The van der Waals surface area contributed by atoms with E-state index in [0.29, 0.717) is 5.84 Å². The van der Waals surface area contributed by atoms with E-state index in [-0.39, 0.29) is 6.17 Å². The van der Waals surface area contributed by atoms with Crippen LogP contribution in [-0.2, 0) is 0 Å². The van der Waals surface area contributed by atoms with Crippen molar-refractivity contribution in [1.29, 1.82) is 0 Å². The molecule has 3 aromatic heterocycles. The molecule has 1 atom stereocenters. The van der Waals surface area contributed by atoms with Crippen LogP contribution in [0.1, 0.15) is 22.9 Å². The summed E-state index contributed by atoms with van der Waals surface area (Å²) >= 11 is 0. The van der Waals surface area contributed by atoms with E-state index < -0.39 is 0 Å². The van der Waals surface area contributed by atoms with E-state index in [1.165, 1.54) is 21.8 Å². The lowest BCUT2D eigenvalue weighted by molar-refractivity contribution is 0.383. The largest absolute Gasteiger partial charge is 0.456 e. The Kier molecular flexibility index (Phi) is 7.10. The van der Waals surface area contributed by atoms with Crippen molar-refractivity contribution in [3.8, 4) is 16.8 Å². The van der Waals surface area contributed by atoms with Crippen molar-refractivity contribution in [2.45, 2.75) is 6.17 Å². The highest BCUT2D eigenvalue weighted by molar-refractivity contribution is 6.19. The van der Waals surface area contributed by atoms with Crippen LogP contribution >= 0.6 is 0 Å². The smallest absolute Gasteiger partial charge is 0.159 e. The van der Waals surface area contributed by atoms with Crippen LogP contribution in [0.3, 0.4) is 0 Å². The summed E-state index contributed by atoms with van der Waals surface area (Å²) in [4.78, 5) is 12.5. The fourth-order valence-electron chi connectivity index (χ4n) is 8.97. The average Bonchev–Trinajstić information content (AvgIpc) is 3.96. The van der Waals surface area contributed by atoms with Crippen molar-refractivity contribution in [1.82, 2.24) is 9.47 Å². The number of nitrogens with zero attached hydrogens (tertiary/aromatic N) is 4. The van der Waals surface area contributed by atoms with Crippen LogP contribution in [0.2, 0.25) is 0 Å². The van der Waals surface area contributed by atoms with Gasteiger partial charge in [0.2, 0.25) is 0 Å². The summed E-state index contributed by atoms with van der Waals surface area (Å²) in [6.07, 6.45) is -0.232. The molecule has 0 bridgehead atoms. The first-order valence-electron chi connectivity index (χ1n) is 19.6. The fourth-order valence-corrected chi connectivity index (χ4v) is 8.97. The Labute approximate surface area is 333 Å². The predicted octanol–water partition coefficient (Wildman–Crippen LogP) is 13.1. The minimum Gasteiger partial charge on any atom is -0.456 e. The number of aromatic nitrogens is 1. The highest BCUT2D eigenvalue weighted by atomic mass is 16.3. The van der Waals surface area contributed by atoms with Gasteiger partial charge >= 0.3 is 0 Å². The van der Waals surface area contributed by atoms with Gasteiger partial charge in [0.15, 0.2) is 5.84 Å². The van der Waals surface area contributed by atoms with Gasteiger partial charge in [-0.1, -0.05) is 133 Å². The van der Waals surface area contributed by atoms with E-state index in [1.807, 2.05) is 30.3 Å². The average molecular weight is 747 g/mol. The molecule has 0 spiro atoms. The Bertz CT molecular complexity index is 3430. The van der Waals surface area contributed by atoms with E-state index in [2.05, 4.69) is 168 Å². The number of rotatable bonds is 5. The van der Waals surface area contributed by atoms with Crippen molar-refractivity contribution < 1.29 is 8.83 Å². The zero-order chi connectivity index (χ0) is 38.3. The SMILES string of the molecule is CN1C(c2ccccc2)=NC(c2ccc3c(c2)oc2cccc(-c4cccc5c4oc4ccc(-n6c7ccccc7c7ccccc76)cc45)c23)=NC1c1ccccc1. The summed E-state index contributed by atoms with van der Waals surface area (Å²) in [5.41, 5.74) is 11.9. The maximum absolute atomic E-state index is 6.75. The molecule has 0 fully saturated rings. The maximum Gasteiger partial charge on any atom is 0.159 e. The van der Waals surface area contributed by atoms with Crippen LogP contribution in [-0.4, -0.2) is 28.2 Å². The Morgan fingerprint density at radius 1 is 0.483 bits per heavy atom. The first-order chi connectivity index (χ1) is 28.7. The number of hydrogen-bond donors (Lipinski definition) is 0. The maximum atomic E-state index is 6.75. The highest BCUT2D eigenvalue weighted by Crippen LogP contribution is 2.43. The Morgan fingerprint density at radius 2 is 1.17 bits per heavy atom. The molecule has 1 aliphatic rings. The quantitative estimate of drug-likeness (QED) is 0.176. The summed E-state index contributed by atoms with van der Waals surface area (Å²) < 4.78 is 15.7. The van der Waals surface area contributed by atoms with Gasteiger partial charge in [-0.25, -0.2) is 9.98 Å². The molecule has 8 aromatic carbocycles. The first-order valence-corrected chi connectivity index (χ1v) is 19.6. The second kappa shape index (κ2) is 12.7. The molecule has 4 heterocycles. The summed E-state index contributed by atoms with van der Waals surface area (Å²) in [6, 6.07) is 63.5. The molecule has 274 valence electrons. The van der Waals surface area contributed by atoms with E-state index >= 15 is 0 Å². The number of aliphatic imine (C=N–C) groups is 2. The van der Waals surface area contributed by atoms with Gasteiger partial charge in [-0.2, -0.15) is 0 Å². The highest BCUT2D eigenvalue weighted by Gasteiger charge is 2.27. The number of para-hydroxylation sites is 3. The zero-order valence-electron chi connectivity index (χ0n) is 31.5. The third-order valence-electron chi connectivity index (χ3n) is 11.7. The van der Waals surface area contributed by atoms with Crippen LogP contribution in [0.15, 0.2) is 201 Å². The van der Waals surface area contributed by atoms with Crippen LogP contribution < -0.4 is 0 Å². The normalized spacial score (nSPS) is 14.6. The Hall–Kier alpha value is -7.70. The van der Waals surface area contributed by atoms with Gasteiger partial charge in [0.25, 0.3) is 0 Å². The molecule has 0 radical (unpaired) electrons. The van der Waals surface area contributed by atoms with Crippen molar-refractivity contribution in [3.63, 3.8) is 0 Å². The standard InChI is InChI=1S/C52H34N4O2/c1-55-51(32-14-4-2-5-15-32)53-50(54-52(55)33-16-6-3-7-17-33)34-26-28-41-47(30-34)57-46-25-13-20-38(48(41)46)39-21-12-22-40-42-31-35(27-29-45(42)58-49(39)40)56-43-23-10-8-18-36(43)37-19-9-11-24-44(37)56/h2-31,51H,1H3. The zero-order valence-corrected chi connectivity index (χ0v) is 31.5. The third-order valence-corrected chi connectivity index (χ3v) is 11.7. The molecule has 0 saturated heterocycles. The van der Waals surface area contributed by atoms with Crippen LogP contribution in [0, 0.1) is 0 Å². The van der Waals surface area contributed by atoms with Crippen LogP contribution in [0.5, 0.6) is 0 Å². The molecule has 11 aromatic rings. The second-order valence-corrected chi connectivity index (χ2v) is 15.0. The molecule has 0 aliphatic carbocycles. The summed E-state index contributed by atoms with van der Waals surface area (Å²) in [7, 11) is 2.06. The molecule has 1 aliphatic heterocycles. The van der Waals surface area contributed by atoms with Gasteiger partial charge in [-0.3, -0.25) is 0 Å². The number of hydrogen-bond acceptors (Lipinski definition) is 5. The summed E-state index contributed by atoms with van der Waals surface area (Å²) in [5, 5.41) is 6.70. The molecule has 1 unspecified atom stereocenters. The van der Waals surface area contributed by atoms with Gasteiger partial charge in [0.05, 0.1) is 11.0 Å². The van der Waals surface area contributed by atoms with E-state index in [4.69, 9.17) is 18.8 Å². The number of amidine groups is 2. The lowest BCUT2D eigenvalue weighted by Crippen LogP contribution is -2.35. The van der Waals surface area contributed by atoms with Gasteiger partial charge in [0.1, 0.15) is 34.3 Å². The predicted molar refractivity (Wildman–Crippen MR) is 237 cm³/mol. The molecule has 12 rings (SSSR count). The number of benzene rings is 8. The molecular weight excluding hydrogens is 713 g/mol. The number of fused-ring (bicyclic) bond motifs is 9. The lowest BCUT2D eigenvalue weighted by Gasteiger charge is -2.32. The molecule has 0 N–H and O–H groups in total. The molecule has 0 saturated carbocycles. The molecular formula is C52H34N4O2. The van der Waals surface area contributed by atoms with E-state index in [0.717, 1.165) is 83.2 Å². The minimum atomic E-state index is -0.232. The minimum absolute atomic E-state index is 0.232. The topological polar surface area (TPSA) is 59.2 Å². The lowest BCUT2D eigenvalue weighted by atomic mass is 9.97. The molecule has 58 heavy (non-hydrogen) atoms. The van der Waals surface area contributed by atoms with Gasteiger partial charge in [-0.15, -0.1) is 0 Å². The monoisotopic (exact) mass is 746 g/mol. The van der Waals surface area contributed by atoms with Crippen molar-refractivity contribution in [2.75, 3.05) is 7.05 Å². The van der Waals surface area contributed by atoms with E-state index in [1.54, 1.807) is 0 Å². The third kappa shape index (κ3) is 4.91.